The van der Waals surface area contributed by atoms with Crippen LogP contribution in [0, 0.1) is 11.8 Å². The molecule has 2 atom stereocenters. The van der Waals surface area contributed by atoms with Crippen LogP contribution in [-0.2, 0) is 14.3 Å². The van der Waals surface area contributed by atoms with E-state index in [1.807, 2.05) is 6.92 Å². The highest BCUT2D eigenvalue weighted by atomic mass is 19.4. The fourth-order valence-corrected chi connectivity index (χ4v) is 4.85. The van der Waals surface area contributed by atoms with E-state index in [0.717, 1.165) is 6.42 Å². The molecule has 1 aromatic carbocycles. The molecule has 2 unspecified atom stereocenters. The van der Waals surface area contributed by atoms with Gasteiger partial charge in [-0.3, -0.25) is 9.59 Å². The Bertz CT molecular complexity index is 823. The van der Waals surface area contributed by atoms with Gasteiger partial charge in [0.25, 0.3) is 0 Å². The molecule has 3 rings (SSSR count). The van der Waals surface area contributed by atoms with Crippen LogP contribution in [0.4, 0.5) is 18.9 Å². The summed E-state index contributed by atoms with van der Waals surface area (Å²) in [6.45, 7) is 4.54. The minimum absolute atomic E-state index is 0.00258. The number of alkyl halides is 3. The standard InChI is InChI=1S/C26H38F3N3O4/c1-2-21(18-30-22-9-11-23(12-10-22)36-26(27,28)29)31-25(34)20(8-7-19-5-3-4-6-19)17-24(33)32-13-15-35-16-14-32/h9-12,19-21,30H,2-8,13-18H2,1H3,(H,31,34). The molecule has 1 heterocycles. The maximum atomic E-state index is 13.3. The summed E-state index contributed by atoms with van der Waals surface area (Å²) in [6, 6.07) is 5.30. The van der Waals surface area contributed by atoms with Crippen molar-refractivity contribution < 1.29 is 32.2 Å². The molecule has 1 aromatic rings. The Labute approximate surface area is 211 Å². The highest BCUT2D eigenvalue weighted by molar-refractivity contribution is 5.86. The van der Waals surface area contributed by atoms with Crippen LogP contribution in [-0.4, -0.2) is 62.0 Å². The molecular formula is C26H38F3N3O4. The summed E-state index contributed by atoms with van der Waals surface area (Å²) in [5.74, 6) is -0.154. The van der Waals surface area contributed by atoms with Crippen LogP contribution in [0.15, 0.2) is 24.3 Å². The Balaban J connectivity index is 1.54. The van der Waals surface area contributed by atoms with Crippen molar-refractivity contribution in [1.82, 2.24) is 10.2 Å². The van der Waals surface area contributed by atoms with Gasteiger partial charge in [-0.1, -0.05) is 32.6 Å². The van der Waals surface area contributed by atoms with Crippen molar-refractivity contribution in [3.05, 3.63) is 24.3 Å². The van der Waals surface area contributed by atoms with Crippen molar-refractivity contribution in [2.45, 2.75) is 70.7 Å². The number of halogens is 3. The van der Waals surface area contributed by atoms with Gasteiger partial charge in [-0.05, 0) is 49.4 Å². The number of anilines is 1. The van der Waals surface area contributed by atoms with E-state index in [4.69, 9.17) is 4.74 Å². The smallest absolute Gasteiger partial charge is 0.406 e. The zero-order valence-corrected chi connectivity index (χ0v) is 20.9. The fraction of sp³-hybridized carbons (Fsp3) is 0.692. The molecule has 0 bridgehead atoms. The van der Waals surface area contributed by atoms with Crippen LogP contribution in [0.1, 0.15) is 58.3 Å². The van der Waals surface area contributed by atoms with E-state index in [2.05, 4.69) is 15.4 Å². The minimum atomic E-state index is -4.73. The molecule has 2 aliphatic rings. The Hall–Kier alpha value is -2.49. The molecule has 10 heteroatoms. The molecule has 202 valence electrons. The van der Waals surface area contributed by atoms with Crippen molar-refractivity contribution >= 4 is 17.5 Å². The van der Waals surface area contributed by atoms with Gasteiger partial charge in [-0.2, -0.15) is 0 Å². The molecule has 36 heavy (non-hydrogen) atoms. The predicted octanol–water partition coefficient (Wildman–Crippen LogP) is 4.73. The largest absolute Gasteiger partial charge is 0.573 e. The lowest BCUT2D eigenvalue weighted by molar-refractivity contribution is -0.274. The van der Waals surface area contributed by atoms with Gasteiger partial charge in [-0.25, -0.2) is 0 Å². The van der Waals surface area contributed by atoms with Crippen LogP contribution in [0.25, 0.3) is 0 Å². The lowest BCUT2D eigenvalue weighted by atomic mass is 9.91. The predicted molar refractivity (Wildman–Crippen MR) is 131 cm³/mol. The zero-order chi connectivity index (χ0) is 26.0. The van der Waals surface area contributed by atoms with E-state index < -0.39 is 6.36 Å². The maximum absolute atomic E-state index is 13.3. The van der Waals surface area contributed by atoms with Crippen molar-refractivity contribution in [1.29, 1.82) is 0 Å². The Morgan fingerprint density at radius 3 is 2.42 bits per heavy atom. The quantitative estimate of drug-likeness (QED) is 0.423. The van der Waals surface area contributed by atoms with Gasteiger partial charge in [0.15, 0.2) is 0 Å². The SMILES string of the molecule is CCC(CNc1ccc(OC(F)(F)F)cc1)NC(=O)C(CCC1CCCC1)CC(=O)N1CCOCC1. The summed E-state index contributed by atoms with van der Waals surface area (Å²) in [7, 11) is 0. The van der Waals surface area contributed by atoms with Gasteiger partial charge in [-0.15, -0.1) is 13.2 Å². The molecule has 2 N–H and O–H groups in total. The van der Waals surface area contributed by atoms with Crippen molar-refractivity contribution in [3.63, 3.8) is 0 Å². The third-order valence-electron chi connectivity index (χ3n) is 7.03. The van der Waals surface area contributed by atoms with Crippen LogP contribution in [0.3, 0.4) is 0 Å². The highest BCUT2D eigenvalue weighted by Crippen LogP contribution is 2.31. The molecule has 1 aliphatic heterocycles. The molecular weight excluding hydrogens is 475 g/mol. The monoisotopic (exact) mass is 513 g/mol. The lowest BCUT2D eigenvalue weighted by Crippen LogP contribution is -2.45. The lowest BCUT2D eigenvalue weighted by Gasteiger charge is -2.29. The second-order valence-electron chi connectivity index (χ2n) is 9.69. The first kappa shape index (κ1) is 28.1. The summed E-state index contributed by atoms with van der Waals surface area (Å²) in [6.07, 6.45) is 2.64. The van der Waals surface area contributed by atoms with Gasteiger partial charge in [0.2, 0.25) is 11.8 Å². The maximum Gasteiger partial charge on any atom is 0.573 e. The van der Waals surface area contributed by atoms with E-state index in [9.17, 15) is 22.8 Å². The molecule has 1 saturated heterocycles. The summed E-state index contributed by atoms with van der Waals surface area (Å²) in [4.78, 5) is 27.9. The number of rotatable bonds is 12. The molecule has 2 fully saturated rings. The summed E-state index contributed by atoms with van der Waals surface area (Å²) < 4.78 is 46.3. The number of hydrogen-bond acceptors (Lipinski definition) is 5. The van der Waals surface area contributed by atoms with Gasteiger partial charge < -0.3 is 25.0 Å². The van der Waals surface area contributed by atoms with E-state index in [1.165, 1.54) is 49.9 Å². The number of ether oxygens (including phenoxy) is 2. The van der Waals surface area contributed by atoms with Crippen LogP contribution in [0.2, 0.25) is 0 Å². The van der Waals surface area contributed by atoms with Crippen LogP contribution < -0.4 is 15.4 Å². The van der Waals surface area contributed by atoms with Crippen molar-refractivity contribution in [3.8, 4) is 5.75 Å². The Morgan fingerprint density at radius 2 is 1.81 bits per heavy atom. The number of carbonyl (C=O) groups excluding carboxylic acids is 2. The number of benzene rings is 1. The first-order valence-corrected chi connectivity index (χ1v) is 13.0. The van der Waals surface area contributed by atoms with Gasteiger partial charge in [0.1, 0.15) is 5.75 Å². The number of carbonyl (C=O) groups is 2. The number of hydrogen-bond donors (Lipinski definition) is 2. The van der Waals surface area contributed by atoms with E-state index in [0.29, 0.717) is 57.3 Å². The first-order valence-electron chi connectivity index (χ1n) is 13.0. The van der Waals surface area contributed by atoms with E-state index >= 15 is 0 Å². The molecule has 1 aliphatic carbocycles. The molecule has 1 saturated carbocycles. The first-order chi connectivity index (χ1) is 17.2. The summed E-state index contributed by atoms with van der Waals surface area (Å²) in [5, 5.41) is 6.25. The third-order valence-corrected chi connectivity index (χ3v) is 7.03. The van der Waals surface area contributed by atoms with Gasteiger partial charge in [0.05, 0.1) is 13.2 Å². The number of nitrogens with zero attached hydrogens (tertiary/aromatic N) is 1. The second kappa shape index (κ2) is 13.7. The third kappa shape index (κ3) is 9.52. The Kier molecular flexibility index (Phi) is 10.7. The van der Waals surface area contributed by atoms with E-state index in [1.54, 1.807) is 4.90 Å². The molecule has 7 nitrogen and oxygen atoms in total. The summed E-state index contributed by atoms with van der Waals surface area (Å²) in [5.41, 5.74) is 0.623. The summed E-state index contributed by atoms with van der Waals surface area (Å²) >= 11 is 0. The zero-order valence-electron chi connectivity index (χ0n) is 20.9. The van der Waals surface area contributed by atoms with Crippen molar-refractivity contribution in [2.75, 3.05) is 38.2 Å². The van der Waals surface area contributed by atoms with Gasteiger partial charge in [0, 0.05) is 43.7 Å². The highest BCUT2D eigenvalue weighted by Gasteiger charge is 2.31. The molecule has 2 amide bonds. The molecule has 0 aromatic heterocycles. The number of nitrogens with one attached hydrogen (secondary N) is 2. The fourth-order valence-electron chi connectivity index (χ4n) is 4.85. The molecule has 0 spiro atoms. The Morgan fingerprint density at radius 1 is 1.14 bits per heavy atom. The van der Waals surface area contributed by atoms with E-state index in [-0.39, 0.29) is 35.9 Å². The number of morpholine rings is 1. The topological polar surface area (TPSA) is 79.9 Å². The van der Waals surface area contributed by atoms with Crippen LogP contribution >= 0.6 is 0 Å². The van der Waals surface area contributed by atoms with Crippen molar-refractivity contribution in [2.24, 2.45) is 11.8 Å². The average Bonchev–Trinajstić information content (AvgIpc) is 3.38. The van der Waals surface area contributed by atoms with Crippen LogP contribution in [0.5, 0.6) is 5.75 Å². The average molecular weight is 514 g/mol. The number of amides is 2. The molecule has 0 radical (unpaired) electrons. The normalized spacial score (nSPS) is 18.5. The van der Waals surface area contributed by atoms with Gasteiger partial charge >= 0.3 is 6.36 Å². The minimum Gasteiger partial charge on any atom is -0.406 e. The second-order valence-corrected chi connectivity index (χ2v) is 9.69.